The highest BCUT2D eigenvalue weighted by molar-refractivity contribution is 7.92. The van der Waals surface area contributed by atoms with Crippen LogP contribution in [0.1, 0.15) is 29.3 Å². The fraction of sp³-hybridized carbons (Fsp3) is 0.174. The van der Waals surface area contributed by atoms with Crippen LogP contribution in [-0.4, -0.2) is 20.9 Å². The first-order chi connectivity index (χ1) is 14.0. The van der Waals surface area contributed by atoms with Crippen molar-refractivity contribution < 1.29 is 13.2 Å². The van der Waals surface area contributed by atoms with Crippen LogP contribution in [0.5, 0.6) is 0 Å². The summed E-state index contributed by atoms with van der Waals surface area (Å²) in [5, 5.41) is 2.78. The van der Waals surface area contributed by atoms with E-state index in [0.29, 0.717) is 17.8 Å². The molecule has 0 spiro atoms. The summed E-state index contributed by atoms with van der Waals surface area (Å²) in [5.41, 5.74) is 1.77. The van der Waals surface area contributed by atoms with E-state index in [1.54, 1.807) is 36.4 Å². The monoisotopic (exact) mass is 408 g/mol. The fourth-order valence-electron chi connectivity index (χ4n) is 2.92. The molecule has 6 heteroatoms. The minimum absolute atomic E-state index is 0.0847. The summed E-state index contributed by atoms with van der Waals surface area (Å²) in [6.07, 6.45) is 0.808. The Morgan fingerprint density at radius 2 is 1.55 bits per heavy atom. The first kappa shape index (κ1) is 20.6. The van der Waals surface area contributed by atoms with Crippen molar-refractivity contribution in [1.82, 2.24) is 5.32 Å². The Morgan fingerprint density at radius 1 is 0.897 bits per heavy atom. The van der Waals surface area contributed by atoms with E-state index in [1.807, 2.05) is 43.3 Å². The average molecular weight is 409 g/mol. The summed E-state index contributed by atoms with van der Waals surface area (Å²) in [6.45, 7) is 2.70. The maximum Gasteiger partial charge on any atom is 0.264 e. The zero-order valence-electron chi connectivity index (χ0n) is 16.3. The molecule has 29 heavy (non-hydrogen) atoms. The highest BCUT2D eigenvalue weighted by Gasteiger charge is 2.26. The van der Waals surface area contributed by atoms with Crippen LogP contribution in [-0.2, 0) is 16.6 Å². The van der Waals surface area contributed by atoms with E-state index in [-0.39, 0.29) is 17.3 Å². The Kier molecular flexibility index (Phi) is 6.67. The molecule has 0 aliphatic carbocycles. The molecule has 0 atom stereocenters. The number of hydrogen-bond donors (Lipinski definition) is 1. The molecule has 0 unspecified atom stereocenters. The summed E-state index contributed by atoms with van der Waals surface area (Å²) in [7, 11) is -3.88. The smallest absolute Gasteiger partial charge is 0.264 e. The van der Waals surface area contributed by atoms with E-state index >= 15 is 0 Å². The van der Waals surface area contributed by atoms with Gasteiger partial charge in [-0.15, -0.1) is 0 Å². The van der Waals surface area contributed by atoms with Gasteiger partial charge in [-0.25, -0.2) is 8.42 Å². The Labute approximate surface area is 172 Å². The van der Waals surface area contributed by atoms with Gasteiger partial charge in [0.15, 0.2) is 0 Å². The van der Waals surface area contributed by atoms with Crippen molar-refractivity contribution in [1.29, 1.82) is 0 Å². The van der Waals surface area contributed by atoms with Crippen molar-refractivity contribution in [2.75, 3.05) is 10.8 Å². The van der Waals surface area contributed by atoms with Gasteiger partial charge in [0, 0.05) is 12.1 Å². The highest BCUT2D eigenvalue weighted by atomic mass is 32.2. The van der Waals surface area contributed by atoms with Gasteiger partial charge in [0.1, 0.15) is 0 Å². The second-order valence-electron chi connectivity index (χ2n) is 6.62. The number of carbonyl (C=O) groups excluding carboxylic acids is 1. The van der Waals surface area contributed by atoms with Gasteiger partial charge in [-0.05, 0) is 42.3 Å². The van der Waals surface area contributed by atoms with Crippen molar-refractivity contribution in [2.45, 2.75) is 24.8 Å². The Bertz CT molecular complexity index is 1050. The highest BCUT2D eigenvalue weighted by Crippen LogP contribution is 2.26. The maximum absolute atomic E-state index is 13.5. The van der Waals surface area contributed by atoms with Crippen LogP contribution >= 0.6 is 0 Å². The van der Waals surface area contributed by atoms with Crippen molar-refractivity contribution in [3.8, 4) is 0 Å². The van der Waals surface area contributed by atoms with Crippen LogP contribution < -0.4 is 9.62 Å². The number of benzene rings is 3. The molecule has 0 saturated carbocycles. The number of sulfonamides is 1. The predicted octanol–water partition coefficient (Wildman–Crippen LogP) is 4.22. The van der Waals surface area contributed by atoms with Gasteiger partial charge in [0.05, 0.1) is 17.1 Å². The average Bonchev–Trinajstić information content (AvgIpc) is 2.77. The third-order valence-electron chi connectivity index (χ3n) is 4.43. The van der Waals surface area contributed by atoms with Crippen LogP contribution in [0, 0.1) is 0 Å². The van der Waals surface area contributed by atoms with Gasteiger partial charge in [-0.2, -0.15) is 0 Å². The van der Waals surface area contributed by atoms with Crippen LogP contribution in [0.4, 0.5) is 5.69 Å². The van der Waals surface area contributed by atoms with Crippen molar-refractivity contribution >= 4 is 21.6 Å². The summed E-state index contributed by atoms with van der Waals surface area (Å²) in [4.78, 5) is 12.4. The molecule has 1 amide bonds. The second kappa shape index (κ2) is 9.39. The predicted molar refractivity (Wildman–Crippen MR) is 115 cm³/mol. The van der Waals surface area contributed by atoms with E-state index in [9.17, 15) is 13.2 Å². The minimum Gasteiger partial charge on any atom is -0.352 e. The summed E-state index contributed by atoms with van der Waals surface area (Å²) in [6, 6.07) is 24.6. The van der Waals surface area contributed by atoms with Gasteiger partial charge in [-0.1, -0.05) is 61.5 Å². The number of nitrogens with one attached hydrogen (secondary N) is 1. The van der Waals surface area contributed by atoms with Crippen molar-refractivity contribution in [3.63, 3.8) is 0 Å². The lowest BCUT2D eigenvalue weighted by atomic mass is 10.2. The second-order valence-corrected chi connectivity index (χ2v) is 8.48. The molecule has 150 valence electrons. The third-order valence-corrected chi connectivity index (χ3v) is 6.20. The lowest BCUT2D eigenvalue weighted by Crippen LogP contribution is -2.31. The number of anilines is 1. The molecule has 5 nitrogen and oxygen atoms in total. The van der Waals surface area contributed by atoms with Gasteiger partial charge in [-0.3, -0.25) is 9.10 Å². The van der Waals surface area contributed by atoms with E-state index < -0.39 is 10.0 Å². The van der Waals surface area contributed by atoms with Gasteiger partial charge in [0.2, 0.25) is 0 Å². The third kappa shape index (κ3) is 5.03. The molecular formula is C23H24N2O3S. The number of para-hydroxylation sites is 1. The minimum atomic E-state index is -3.88. The molecule has 3 aromatic rings. The first-order valence-corrected chi connectivity index (χ1v) is 11.0. The molecule has 1 N–H and O–H groups in total. The zero-order chi connectivity index (χ0) is 20.7. The zero-order valence-corrected chi connectivity index (χ0v) is 17.1. The topological polar surface area (TPSA) is 66.5 Å². The largest absolute Gasteiger partial charge is 0.352 e. The molecule has 0 aromatic heterocycles. The van der Waals surface area contributed by atoms with Gasteiger partial charge >= 0.3 is 0 Å². The molecule has 0 heterocycles. The summed E-state index contributed by atoms with van der Waals surface area (Å²) < 4.78 is 28.4. The Morgan fingerprint density at radius 3 is 2.21 bits per heavy atom. The summed E-state index contributed by atoms with van der Waals surface area (Å²) in [5.74, 6) is -0.279. The normalized spacial score (nSPS) is 11.1. The molecule has 0 radical (unpaired) electrons. The Balaban J connectivity index is 2.00. The lowest BCUT2D eigenvalue weighted by Gasteiger charge is -2.25. The Hall–Kier alpha value is -3.12. The number of amides is 1. The fourth-order valence-corrected chi connectivity index (χ4v) is 4.42. The molecule has 0 aliphatic rings. The maximum atomic E-state index is 13.5. The van der Waals surface area contributed by atoms with Crippen LogP contribution in [0.15, 0.2) is 89.8 Å². The summed E-state index contributed by atoms with van der Waals surface area (Å²) >= 11 is 0. The van der Waals surface area contributed by atoms with Gasteiger partial charge in [0.25, 0.3) is 15.9 Å². The number of hydrogen-bond acceptors (Lipinski definition) is 3. The molecule has 0 fully saturated rings. The standard InChI is InChI=1S/C23H24N2O3S/c1-2-16-24-23(26)20-12-9-15-22(17-20)29(27,28)25(21-13-7-4-8-14-21)18-19-10-5-3-6-11-19/h3-15,17H,2,16,18H2,1H3,(H,24,26). The number of rotatable bonds is 8. The van der Waals surface area contributed by atoms with Crippen molar-refractivity contribution in [3.05, 3.63) is 96.1 Å². The van der Waals surface area contributed by atoms with Crippen LogP contribution in [0.25, 0.3) is 0 Å². The first-order valence-electron chi connectivity index (χ1n) is 9.52. The SMILES string of the molecule is CCCNC(=O)c1cccc(S(=O)(=O)N(Cc2ccccc2)c2ccccc2)c1. The van der Waals surface area contributed by atoms with E-state index in [1.165, 1.54) is 16.4 Å². The van der Waals surface area contributed by atoms with Crippen LogP contribution in [0.3, 0.4) is 0 Å². The van der Waals surface area contributed by atoms with E-state index in [4.69, 9.17) is 0 Å². The molecule has 3 aromatic carbocycles. The van der Waals surface area contributed by atoms with E-state index in [2.05, 4.69) is 5.32 Å². The quantitative estimate of drug-likeness (QED) is 0.607. The van der Waals surface area contributed by atoms with Crippen LogP contribution in [0.2, 0.25) is 0 Å². The molecular weight excluding hydrogens is 384 g/mol. The molecule has 3 rings (SSSR count). The van der Waals surface area contributed by atoms with Crippen molar-refractivity contribution in [2.24, 2.45) is 0 Å². The number of carbonyl (C=O) groups is 1. The lowest BCUT2D eigenvalue weighted by molar-refractivity contribution is 0.0953. The molecule has 0 bridgehead atoms. The molecule has 0 aliphatic heterocycles. The molecule has 0 saturated heterocycles. The van der Waals surface area contributed by atoms with Gasteiger partial charge < -0.3 is 5.32 Å². The number of nitrogens with zero attached hydrogens (tertiary/aromatic N) is 1. The van der Waals surface area contributed by atoms with E-state index in [0.717, 1.165) is 12.0 Å².